The van der Waals surface area contributed by atoms with E-state index in [0.717, 1.165) is 60.4 Å². The highest BCUT2D eigenvalue weighted by atomic mass is 16.5. The zero-order valence-corrected chi connectivity index (χ0v) is 16.0. The first-order chi connectivity index (χ1) is 13.7. The van der Waals surface area contributed by atoms with Gasteiger partial charge in [0, 0.05) is 48.2 Å². The molecule has 3 aromatic heterocycles. The van der Waals surface area contributed by atoms with E-state index in [4.69, 9.17) is 9.72 Å². The molecule has 0 N–H and O–H groups in total. The molecule has 1 aliphatic heterocycles. The standard InChI is InChI=1S/C21H22N6O/c1-15-13-16(2)27-21(24-15)19(14-23-27)20-22-7-8-26(20)18-5-3-17(4-6-18)25-9-11-28-12-10-25/h3-8,13-14H,9-12H2,1-2H3. The highest BCUT2D eigenvalue weighted by molar-refractivity contribution is 5.74. The molecule has 0 saturated carbocycles. The number of rotatable bonds is 3. The van der Waals surface area contributed by atoms with Crippen molar-refractivity contribution in [2.45, 2.75) is 13.8 Å². The zero-order chi connectivity index (χ0) is 19.1. The molecule has 0 atom stereocenters. The van der Waals surface area contributed by atoms with Gasteiger partial charge in [-0.2, -0.15) is 5.10 Å². The van der Waals surface area contributed by atoms with E-state index in [1.165, 1.54) is 5.69 Å². The number of aromatic nitrogens is 5. The average molecular weight is 374 g/mol. The Hall–Kier alpha value is -3.19. The van der Waals surface area contributed by atoms with Gasteiger partial charge in [0.1, 0.15) is 5.82 Å². The van der Waals surface area contributed by atoms with Crippen molar-refractivity contribution in [1.29, 1.82) is 0 Å². The molecule has 4 aromatic rings. The number of hydrogen-bond acceptors (Lipinski definition) is 5. The Kier molecular flexibility index (Phi) is 4.09. The number of morpholine rings is 1. The van der Waals surface area contributed by atoms with Gasteiger partial charge in [0.05, 0.1) is 25.0 Å². The molecule has 1 fully saturated rings. The van der Waals surface area contributed by atoms with Gasteiger partial charge in [-0.1, -0.05) is 0 Å². The molecule has 1 aromatic carbocycles. The summed E-state index contributed by atoms with van der Waals surface area (Å²) in [5.74, 6) is 0.839. The second kappa shape index (κ2) is 6.76. The number of anilines is 1. The lowest BCUT2D eigenvalue weighted by Crippen LogP contribution is -2.36. The van der Waals surface area contributed by atoms with Crippen molar-refractivity contribution in [1.82, 2.24) is 24.1 Å². The fraction of sp³-hybridized carbons (Fsp3) is 0.286. The summed E-state index contributed by atoms with van der Waals surface area (Å²) in [6, 6.07) is 10.6. The number of benzene rings is 1. The molecule has 0 bridgehead atoms. The van der Waals surface area contributed by atoms with E-state index < -0.39 is 0 Å². The van der Waals surface area contributed by atoms with E-state index in [9.17, 15) is 0 Å². The first kappa shape index (κ1) is 16.9. The van der Waals surface area contributed by atoms with E-state index in [1.54, 1.807) is 0 Å². The Morgan fingerprint density at radius 2 is 1.75 bits per heavy atom. The van der Waals surface area contributed by atoms with E-state index in [-0.39, 0.29) is 0 Å². The van der Waals surface area contributed by atoms with E-state index in [2.05, 4.69) is 43.8 Å². The quantitative estimate of drug-likeness (QED) is 0.552. The smallest absolute Gasteiger partial charge is 0.166 e. The van der Waals surface area contributed by atoms with Gasteiger partial charge in [0.2, 0.25) is 0 Å². The molecular formula is C21H22N6O. The van der Waals surface area contributed by atoms with Crippen LogP contribution >= 0.6 is 0 Å². The molecule has 0 spiro atoms. The zero-order valence-electron chi connectivity index (χ0n) is 16.0. The van der Waals surface area contributed by atoms with Crippen molar-refractivity contribution >= 4 is 11.3 Å². The Bertz CT molecular complexity index is 1120. The summed E-state index contributed by atoms with van der Waals surface area (Å²) in [6.07, 6.45) is 5.64. The van der Waals surface area contributed by atoms with Crippen LogP contribution in [0.15, 0.2) is 48.9 Å². The molecule has 7 heteroatoms. The van der Waals surface area contributed by atoms with Gasteiger partial charge in [-0.15, -0.1) is 0 Å². The van der Waals surface area contributed by atoms with Crippen LogP contribution in [-0.4, -0.2) is 50.5 Å². The minimum atomic E-state index is 0.786. The highest BCUT2D eigenvalue weighted by Gasteiger charge is 2.16. The number of nitrogens with zero attached hydrogens (tertiary/aromatic N) is 6. The summed E-state index contributed by atoms with van der Waals surface area (Å²) >= 11 is 0. The van der Waals surface area contributed by atoms with Gasteiger partial charge in [0.25, 0.3) is 0 Å². The van der Waals surface area contributed by atoms with Crippen LogP contribution in [0.5, 0.6) is 0 Å². The second-order valence-corrected chi connectivity index (χ2v) is 7.07. The van der Waals surface area contributed by atoms with E-state index >= 15 is 0 Å². The maximum absolute atomic E-state index is 5.44. The van der Waals surface area contributed by atoms with Crippen LogP contribution in [-0.2, 0) is 4.74 Å². The summed E-state index contributed by atoms with van der Waals surface area (Å²) in [7, 11) is 0. The molecule has 5 rings (SSSR count). The van der Waals surface area contributed by atoms with Crippen LogP contribution < -0.4 is 4.90 Å². The Labute approximate surface area is 163 Å². The Morgan fingerprint density at radius 3 is 2.54 bits per heavy atom. The van der Waals surface area contributed by atoms with Gasteiger partial charge in [-0.25, -0.2) is 14.5 Å². The normalized spacial score (nSPS) is 14.7. The molecule has 1 saturated heterocycles. The summed E-state index contributed by atoms with van der Waals surface area (Å²) in [4.78, 5) is 11.6. The third-order valence-electron chi connectivity index (χ3n) is 5.16. The van der Waals surface area contributed by atoms with Crippen molar-refractivity contribution in [2.75, 3.05) is 31.2 Å². The molecule has 7 nitrogen and oxygen atoms in total. The number of ether oxygens (including phenoxy) is 1. The minimum absolute atomic E-state index is 0.786. The van der Waals surface area contributed by atoms with Crippen LogP contribution in [0, 0.1) is 13.8 Å². The van der Waals surface area contributed by atoms with E-state index in [0.29, 0.717) is 0 Å². The number of aryl methyl sites for hydroxylation is 2. The molecule has 0 aliphatic carbocycles. The maximum Gasteiger partial charge on any atom is 0.166 e. The van der Waals surface area contributed by atoms with Gasteiger partial charge in [0.15, 0.2) is 5.65 Å². The monoisotopic (exact) mass is 374 g/mol. The SMILES string of the molecule is Cc1cc(C)n2ncc(-c3nccn3-c3ccc(N4CCOCC4)cc3)c2n1. The largest absolute Gasteiger partial charge is 0.378 e. The predicted octanol–water partition coefficient (Wildman–Crippen LogP) is 3.04. The lowest BCUT2D eigenvalue weighted by molar-refractivity contribution is 0.122. The second-order valence-electron chi connectivity index (χ2n) is 7.07. The van der Waals surface area contributed by atoms with Gasteiger partial charge in [-0.05, 0) is 44.2 Å². The van der Waals surface area contributed by atoms with E-state index in [1.807, 2.05) is 43.0 Å². The molecule has 0 amide bonds. The first-order valence-electron chi connectivity index (χ1n) is 9.49. The average Bonchev–Trinajstić information content (AvgIpc) is 3.35. The molecule has 4 heterocycles. The van der Waals surface area contributed by atoms with Crippen molar-refractivity contribution in [2.24, 2.45) is 0 Å². The first-order valence-corrected chi connectivity index (χ1v) is 9.49. The van der Waals surface area contributed by atoms with Crippen LogP contribution in [0.2, 0.25) is 0 Å². The van der Waals surface area contributed by atoms with Crippen LogP contribution in [0.1, 0.15) is 11.4 Å². The van der Waals surface area contributed by atoms with Crippen molar-refractivity contribution in [3.8, 4) is 17.1 Å². The van der Waals surface area contributed by atoms with Gasteiger partial charge >= 0.3 is 0 Å². The topological polar surface area (TPSA) is 60.5 Å². The summed E-state index contributed by atoms with van der Waals surface area (Å²) in [6.45, 7) is 7.47. The Balaban J connectivity index is 1.53. The lowest BCUT2D eigenvalue weighted by atomic mass is 10.2. The van der Waals surface area contributed by atoms with Gasteiger partial charge < -0.3 is 9.64 Å². The fourth-order valence-electron chi connectivity index (χ4n) is 3.78. The predicted molar refractivity (Wildman–Crippen MR) is 108 cm³/mol. The van der Waals surface area contributed by atoms with Crippen molar-refractivity contribution in [3.05, 3.63) is 60.3 Å². The molecule has 1 aliphatic rings. The summed E-state index contributed by atoms with van der Waals surface area (Å²) < 4.78 is 9.39. The molecule has 0 unspecified atom stereocenters. The lowest BCUT2D eigenvalue weighted by Gasteiger charge is -2.29. The molecule has 142 valence electrons. The number of fused-ring (bicyclic) bond motifs is 1. The van der Waals surface area contributed by atoms with Crippen LogP contribution in [0.4, 0.5) is 5.69 Å². The summed E-state index contributed by atoms with van der Waals surface area (Å²) in [5, 5.41) is 4.51. The number of hydrogen-bond donors (Lipinski definition) is 0. The van der Waals surface area contributed by atoms with Gasteiger partial charge in [-0.3, -0.25) is 4.57 Å². The Morgan fingerprint density at radius 1 is 1.00 bits per heavy atom. The van der Waals surface area contributed by atoms with Crippen LogP contribution in [0.25, 0.3) is 22.7 Å². The highest BCUT2D eigenvalue weighted by Crippen LogP contribution is 2.27. The third-order valence-corrected chi connectivity index (χ3v) is 5.16. The minimum Gasteiger partial charge on any atom is -0.378 e. The fourth-order valence-corrected chi connectivity index (χ4v) is 3.78. The van der Waals surface area contributed by atoms with Crippen LogP contribution in [0.3, 0.4) is 0 Å². The third kappa shape index (κ3) is 2.84. The maximum atomic E-state index is 5.44. The van der Waals surface area contributed by atoms with Crippen molar-refractivity contribution in [3.63, 3.8) is 0 Å². The molecular weight excluding hydrogens is 352 g/mol. The number of imidazole rings is 1. The molecule has 28 heavy (non-hydrogen) atoms. The molecule has 0 radical (unpaired) electrons. The van der Waals surface area contributed by atoms with Crippen molar-refractivity contribution < 1.29 is 4.74 Å². The summed E-state index contributed by atoms with van der Waals surface area (Å²) in [5.41, 5.74) is 6.07.